The number of rotatable bonds is 6. The summed E-state index contributed by atoms with van der Waals surface area (Å²) in [5, 5.41) is 5.86. The molecule has 0 aliphatic heterocycles. The molecule has 0 amide bonds. The zero-order chi connectivity index (χ0) is 11.1. The lowest BCUT2D eigenvalue weighted by molar-refractivity contribution is 0.769. The van der Waals surface area contributed by atoms with Gasteiger partial charge in [0, 0.05) is 13.6 Å². The van der Waals surface area contributed by atoms with E-state index in [-0.39, 0.29) is 5.95 Å². The number of aromatic nitrogens is 3. The van der Waals surface area contributed by atoms with E-state index in [0.29, 0.717) is 18.4 Å². The van der Waals surface area contributed by atoms with Gasteiger partial charge < -0.3 is 22.1 Å². The normalized spacial score (nSPS) is 10.0. The number of nitrogens with one attached hydrogen (secondary N) is 2. The second-order valence-corrected chi connectivity index (χ2v) is 3.01. The Bertz CT molecular complexity index is 301. The van der Waals surface area contributed by atoms with Crippen LogP contribution in [0.3, 0.4) is 0 Å². The molecule has 0 radical (unpaired) electrons. The molecule has 0 aromatic carbocycles. The van der Waals surface area contributed by atoms with Gasteiger partial charge in [-0.2, -0.15) is 15.0 Å². The van der Waals surface area contributed by atoms with Crippen LogP contribution in [0.4, 0.5) is 17.8 Å². The Morgan fingerprint density at radius 3 is 2.53 bits per heavy atom. The van der Waals surface area contributed by atoms with Crippen LogP contribution in [0.1, 0.15) is 12.8 Å². The Morgan fingerprint density at radius 1 is 1.13 bits per heavy atom. The first-order chi connectivity index (χ1) is 7.26. The lowest BCUT2D eigenvalue weighted by Gasteiger charge is -2.06. The molecule has 6 N–H and O–H groups in total. The lowest BCUT2D eigenvalue weighted by Crippen LogP contribution is -2.11. The van der Waals surface area contributed by atoms with Gasteiger partial charge in [0.05, 0.1) is 0 Å². The molecule has 0 atom stereocenters. The van der Waals surface area contributed by atoms with Crippen molar-refractivity contribution in [3.05, 3.63) is 0 Å². The molecule has 0 fully saturated rings. The number of anilines is 3. The van der Waals surface area contributed by atoms with Crippen molar-refractivity contribution >= 4 is 17.8 Å². The molecular formula is C8H17N7. The van der Waals surface area contributed by atoms with E-state index < -0.39 is 0 Å². The monoisotopic (exact) mass is 211 g/mol. The van der Waals surface area contributed by atoms with Gasteiger partial charge in [0.1, 0.15) is 0 Å². The fourth-order valence-electron chi connectivity index (χ4n) is 1.05. The maximum absolute atomic E-state index is 5.50. The van der Waals surface area contributed by atoms with Crippen LogP contribution >= 0.6 is 0 Å². The SMILES string of the molecule is CNc1nc(N)nc(NCCCCN)n1. The minimum atomic E-state index is 0.204. The van der Waals surface area contributed by atoms with Crippen molar-refractivity contribution in [3.8, 4) is 0 Å². The molecule has 0 spiro atoms. The van der Waals surface area contributed by atoms with Gasteiger partial charge in [-0.1, -0.05) is 0 Å². The summed E-state index contributed by atoms with van der Waals surface area (Å²) in [4.78, 5) is 11.9. The maximum atomic E-state index is 5.50. The molecule has 7 heteroatoms. The highest BCUT2D eigenvalue weighted by Crippen LogP contribution is 2.05. The van der Waals surface area contributed by atoms with Crippen molar-refractivity contribution in [3.63, 3.8) is 0 Å². The number of hydrogen-bond acceptors (Lipinski definition) is 7. The van der Waals surface area contributed by atoms with E-state index in [2.05, 4.69) is 25.6 Å². The molecule has 1 aromatic rings. The Kier molecular flexibility index (Phi) is 4.55. The van der Waals surface area contributed by atoms with Gasteiger partial charge in [0.25, 0.3) is 0 Å². The molecular weight excluding hydrogens is 194 g/mol. The summed E-state index contributed by atoms with van der Waals surface area (Å²) in [5.74, 6) is 1.16. The van der Waals surface area contributed by atoms with Gasteiger partial charge in [0.15, 0.2) is 0 Å². The minimum absolute atomic E-state index is 0.204. The molecule has 7 nitrogen and oxygen atoms in total. The molecule has 0 unspecified atom stereocenters. The van der Waals surface area contributed by atoms with Gasteiger partial charge in [0.2, 0.25) is 17.8 Å². The van der Waals surface area contributed by atoms with Gasteiger partial charge in [-0.05, 0) is 19.4 Å². The standard InChI is InChI=1S/C8H17N7/c1-11-7-13-6(10)14-8(15-7)12-5-3-2-4-9/h2-5,9H2,1H3,(H4,10,11,12,13,14,15). The average Bonchev–Trinajstić information content (AvgIpc) is 2.23. The second-order valence-electron chi connectivity index (χ2n) is 3.01. The van der Waals surface area contributed by atoms with Crippen molar-refractivity contribution < 1.29 is 0 Å². The molecule has 0 aliphatic rings. The quantitative estimate of drug-likeness (QED) is 0.475. The highest BCUT2D eigenvalue weighted by atomic mass is 15.2. The minimum Gasteiger partial charge on any atom is -0.368 e. The highest BCUT2D eigenvalue weighted by molar-refractivity contribution is 5.39. The Hall–Kier alpha value is -1.63. The lowest BCUT2D eigenvalue weighted by atomic mass is 10.3. The zero-order valence-electron chi connectivity index (χ0n) is 8.82. The third-order valence-electron chi connectivity index (χ3n) is 1.79. The second kappa shape index (κ2) is 5.97. The molecule has 84 valence electrons. The van der Waals surface area contributed by atoms with Crippen LogP contribution in [0, 0.1) is 0 Å². The van der Waals surface area contributed by atoms with Crippen LogP contribution < -0.4 is 22.1 Å². The Morgan fingerprint density at radius 2 is 1.87 bits per heavy atom. The first kappa shape index (κ1) is 11.4. The largest absolute Gasteiger partial charge is 0.368 e. The fourth-order valence-corrected chi connectivity index (χ4v) is 1.05. The van der Waals surface area contributed by atoms with Crippen molar-refractivity contribution in [2.45, 2.75) is 12.8 Å². The Balaban J connectivity index is 2.49. The van der Waals surface area contributed by atoms with Crippen LogP contribution in [0.15, 0.2) is 0 Å². The predicted octanol–water partition coefficient (Wildman–Crippen LogP) is -0.354. The summed E-state index contributed by atoms with van der Waals surface area (Å²) in [6, 6.07) is 0. The van der Waals surface area contributed by atoms with E-state index in [4.69, 9.17) is 11.5 Å². The summed E-state index contributed by atoms with van der Waals surface area (Å²) >= 11 is 0. The maximum Gasteiger partial charge on any atom is 0.229 e. The summed E-state index contributed by atoms with van der Waals surface area (Å²) in [5.41, 5.74) is 10.9. The van der Waals surface area contributed by atoms with Crippen LogP contribution in [0.25, 0.3) is 0 Å². The number of nitrogens with zero attached hydrogens (tertiary/aromatic N) is 3. The van der Waals surface area contributed by atoms with Gasteiger partial charge >= 0.3 is 0 Å². The third kappa shape index (κ3) is 3.94. The van der Waals surface area contributed by atoms with Crippen LogP contribution in [0.2, 0.25) is 0 Å². The van der Waals surface area contributed by atoms with Crippen molar-refractivity contribution in [2.24, 2.45) is 5.73 Å². The van der Waals surface area contributed by atoms with Crippen LogP contribution in [-0.2, 0) is 0 Å². The fraction of sp³-hybridized carbons (Fsp3) is 0.625. The molecule has 15 heavy (non-hydrogen) atoms. The van der Waals surface area contributed by atoms with Crippen molar-refractivity contribution in [2.75, 3.05) is 36.5 Å². The smallest absolute Gasteiger partial charge is 0.229 e. The Labute approximate surface area is 88.7 Å². The highest BCUT2D eigenvalue weighted by Gasteiger charge is 2.01. The average molecular weight is 211 g/mol. The molecule has 1 rings (SSSR count). The van der Waals surface area contributed by atoms with Gasteiger partial charge in [-0.25, -0.2) is 0 Å². The summed E-state index contributed by atoms with van der Waals surface area (Å²) in [6.45, 7) is 1.48. The molecule has 1 aromatic heterocycles. The topological polar surface area (TPSA) is 115 Å². The molecule has 0 aliphatic carbocycles. The number of unbranched alkanes of at least 4 members (excludes halogenated alkanes) is 1. The summed E-state index contributed by atoms with van der Waals surface area (Å²) in [6.07, 6.45) is 1.96. The number of nitrogen functional groups attached to an aromatic ring is 1. The van der Waals surface area contributed by atoms with E-state index >= 15 is 0 Å². The van der Waals surface area contributed by atoms with E-state index in [0.717, 1.165) is 19.4 Å². The van der Waals surface area contributed by atoms with E-state index in [1.54, 1.807) is 7.05 Å². The third-order valence-corrected chi connectivity index (χ3v) is 1.79. The summed E-state index contributed by atoms with van der Waals surface area (Å²) in [7, 11) is 1.73. The molecule has 0 saturated heterocycles. The van der Waals surface area contributed by atoms with Crippen LogP contribution in [0.5, 0.6) is 0 Å². The van der Waals surface area contributed by atoms with E-state index in [1.165, 1.54) is 0 Å². The zero-order valence-corrected chi connectivity index (χ0v) is 8.82. The first-order valence-electron chi connectivity index (χ1n) is 4.89. The number of hydrogen-bond donors (Lipinski definition) is 4. The molecule has 1 heterocycles. The van der Waals surface area contributed by atoms with E-state index in [1.807, 2.05) is 0 Å². The van der Waals surface area contributed by atoms with E-state index in [9.17, 15) is 0 Å². The predicted molar refractivity (Wildman–Crippen MR) is 60.6 cm³/mol. The van der Waals surface area contributed by atoms with Crippen LogP contribution in [-0.4, -0.2) is 35.1 Å². The van der Waals surface area contributed by atoms with Crippen molar-refractivity contribution in [1.29, 1.82) is 0 Å². The van der Waals surface area contributed by atoms with Crippen molar-refractivity contribution in [1.82, 2.24) is 15.0 Å². The van der Waals surface area contributed by atoms with Gasteiger partial charge in [-0.15, -0.1) is 0 Å². The molecule has 0 saturated carbocycles. The number of nitrogens with two attached hydrogens (primary N) is 2. The first-order valence-corrected chi connectivity index (χ1v) is 4.89. The molecule has 0 bridgehead atoms. The summed E-state index contributed by atoms with van der Waals surface area (Å²) < 4.78 is 0. The van der Waals surface area contributed by atoms with Gasteiger partial charge in [-0.3, -0.25) is 0 Å².